The molecule has 4 nitrogen and oxygen atoms in total. The Bertz CT molecular complexity index is 772. The van der Waals surface area contributed by atoms with Gasteiger partial charge in [0.25, 0.3) is 5.91 Å². The second-order valence-corrected chi connectivity index (χ2v) is 6.27. The van der Waals surface area contributed by atoms with Crippen LogP contribution in [0, 0.1) is 27.7 Å². The molecule has 0 saturated heterocycles. The maximum absolute atomic E-state index is 12.7. The highest BCUT2D eigenvalue weighted by molar-refractivity contribution is 6.02. The highest BCUT2D eigenvalue weighted by Crippen LogP contribution is 2.21. The lowest BCUT2D eigenvalue weighted by molar-refractivity contribution is 0.0779. The molecule has 1 amide bonds. The summed E-state index contributed by atoms with van der Waals surface area (Å²) in [7, 11) is 1.78. The number of hydrogen-bond donors (Lipinski definition) is 1. The summed E-state index contributed by atoms with van der Waals surface area (Å²) < 4.78 is 0. The van der Waals surface area contributed by atoms with E-state index in [4.69, 9.17) is 0 Å². The average molecular weight is 312 g/mol. The molecule has 1 aromatic carbocycles. The monoisotopic (exact) mass is 312 g/mol. The number of nitrogens with one attached hydrogen (secondary N) is 1. The molecule has 1 aromatic heterocycles. The smallest absolute Gasteiger partial charge is 0.270 e. The molecule has 1 N–H and O–H groups in total. The van der Waals surface area contributed by atoms with E-state index >= 15 is 0 Å². The number of amides is 1. The second kappa shape index (κ2) is 6.41. The fraction of sp³-hybridized carbons (Fsp3) is 0.368. The number of ketones is 1. The molecule has 0 aliphatic rings. The number of Topliss-reactive ketones (excluding diaryl/α,β-unsaturated/α-hetero) is 1. The summed E-state index contributed by atoms with van der Waals surface area (Å²) >= 11 is 0. The van der Waals surface area contributed by atoms with Crippen molar-refractivity contribution in [3.63, 3.8) is 0 Å². The number of benzene rings is 1. The minimum atomic E-state index is -0.0990. The first kappa shape index (κ1) is 17.0. The number of aromatic amines is 1. The number of hydrogen-bond acceptors (Lipinski definition) is 2. The Morgan fingerprint density at radius 3 is 2.30 bits per heavy atom. The van der Waals surface area contributed by atoms with E-state index < -0.39 is 0 Å². The minimum absolute atomic E-state index is 0.0210. The zero-order chi connectivity index (χ0) is 17.3. The molecule has 122 valence electrons. The van der Waals surface area contributed by atoms with E-state index in [0.29, 0.717) is 17.8 Å². The van der Waals surface area contributed by atoms with Crippen molar-refractivity contribution in [2.75, 3.05) is 7.05 Å². The molecule has 0 fully saturated rings. The third-order valence-electron chi connectivity index (χ3n) is 4.26. The van der Waals surface area contributed by atoms with E-state index in [1.807, 2.05) is 13.8 Å². The van der Waals surface area contributed by atoms with Gasteiger partial charge in [0.1, 0.15) is 5.69 Å². The van der Waals surface area contributed by atoms with Crippen LogP contribution in [-0.2, 0) is 6.54 Å². The van der Waals surface area contributed by atoms with Crippen LogP contribution in [-0.4, -0.2) is 28.6 Å². The van der Waals surface area contributed by atoms with E-state index in [-0.39, 0.29) is 11.7 Å². The standard InChI is InChI=1S/C19H24N2O2/c1-11-7-8-16(12(2)9-11)10-21(6)19(23)18-13(3)17(15(5)22)14(4)20-18/h7-9,20H,10H2,1-6H3. The highest BCUT2D eigenvalue weighted by Gasteiger charge is 2.22. The fourth-order valence-electron chi connectivity index (χ4n) is 3.03. The lowest BCUT2D eigenvalue weighted by atomic mass is 10.0. The lowest BCUT2D eigenvalue weighted by Gasteiger charge is -2.18. The van der Waals surface area contributed by atoms with Gasteiger partial charge in [-0.3, -0.25) is 9.59 Å². The van der Waals surface area contributed by atoms with Crippen LogP contribution >= 0.6 is 0 Å². The van der Waals surface area contributed by atoms with Gasteiger partial charge in [0.15, 0.2) is 5.78 Å². The third kappa shape index (κ3) is 3.36. The molecule has 0 aliphatic heterocycles. The number of H-pyrrole nitrogens is 1. The van der Waals surface area contributed by atoms with Crippen molar-refractivity contribution in [1.29, 1.82) is 0 Å². The molecule has 0 aliphatic carbocycles. The van der Waals surface area contributed by atoms with Crippen LogP contribution in [0.4, 0.5) is 0 Å². The van der Waals surface area contributed by atoms with Crippen molar-refractivity contribution >= 4 is 11.7 Å². The Labute approximate surface area is 137 Å². The van der Waals surface area contributed by atoms with Gasteiger partial charge in [-0.15, -0.1) is 0 Å². The van der Waals surface area contributed by atoms with Gasteiger partial charge in [0, 0.05) is 24.8 Å². The molecule has 0 atom stereocenters. The molecule has 0 bridgehead atoms. The van der Waals surface area contributed by atoms with Crippen molar-refractivity contribution in [3.8, 4) is 0 Å². The SMILES string of the molecule is CC(=O)c1c(C)[nH]c(C(=O)N(C)Cc2ccc(C)cc2C)c1C. The Morgan fingerprint density at radius 2 is 1.78 bits per heavy atom. The average Bonchev–Trinajstić information content (AvgIpc) is 2.76. The van der Waals surface area contributed by atoms with Gasteiger partial charge in [0.05, 0.1) is 0 Å². The molecule has 23 heavy (non-hydrogen) atoms. The summed E-state index contributed by atoms with van der Waals surface area (Å²) in [5.41, 5.74) is 6.11. The Kier molecular flexibility index (Phi) is 4.73. The van der Waals surface area contributed by atoms with Crippen molar-refractivity contribution in [2.24, 2.45) is 0 Å². The number of rotatable bonds is 4. The summed E-state index contributed by atoms with van der Waals surface area (Å²) in [4.78, 5) is 29.2. The molecule has 0 spiro atoms. The topological polar surface area (TPSA) is 53.2 Å². The predicted octanol–water partition coefficient (Wildman–Crippen LogP) is 3.72. The van der Waals surface area contributed by atoms with E-state index in [1.54, 1.807) is 11.9 Å². The van der Waals surface area contributed by atoms with E-state index in [2.05, 4.69) is 37.0 Å². The molecule has 2 rings (SSSR count). The van der Waals surface area contributed by atoms with E-state index in [1.165, 1.54) is 18.1 Å². The van der Waals surface area contributed by atoms with Crippen LogP contribution in [0.5, 0.6) is 0 Å². The van der Waals surface area contributed by atoms with Crippen LogP contribution in [0.2, 0.25) is 0 Å². The molecule has 4 heteroatoms. The maximum atomic E-state index is 12.7. The summed E-state index contributed by atoms with van der Waals surface area (Å²) in [5, 5.41) is 0. The summed E-state index contributed by atoms with van der Waals surface area (Å²) in [6, 6.07) is 6.23. The molecule has 0 unspecified atom stereocenters. The Morgan fingerprint density at radius 1 is 1.13 bits per heavy atom. The first-order valence-corrected chi connectivity index (χ1v) is 7.74. The third-order valence-corrected chi connectivity index (χ3v) is 4.26. The molecule has 2 aromatic rings. The Hall–Kier alpha value is -2.36. The van der Waals surface area contributed by atoms with E-state index in [0.717, 1.165) is 16.8 Å². The molecule has 1 heterocycles. The first-order valence-electron chi connectivity index (χ1n) is 7.74. The summed E-state index contributed by atoms with van der Waals surface area (Å²) in [5.74, 6) is -0.120. The minimum Gasteiger partial charge on any atom is -0.354 e. The van der Waals surface area contributed by atoms with Gasteiger partial charge in [-0.2, -0.15) is 0 Å². The van der Waals surface area contributed by atoms with Crippen molar-refractivity contribution < 1.29 is 9.59 Å². The number of aryl methyl sites for hydroxylation is 3. The summed E-state index contributed by atoms with van der Waals surface area (Å²) in [6.45, 7) is 9.82. The van der Waals surface area contributed by atoms with Crippen molar-refractivity contribution in [2.45, 2.75) is 41.2 Å². The van der Waals surface area contributed by atoms with Crippen LogP contribution in [0.3, 0.4) is 0 Å². The summed E-state index contributed by atoms with van der Waals surface area (Å²) in [6.07, 6.45) is 0. The largest absolute Gasteiger partial charge is 0.354 e. The first-order chi connectivity index (χ1) is 10.7. The molecular formula is C19H24N2O2. The fourth-order valence-corrected chi connectivity index (χ4v) is 3.03. The molecular weight excluding hydrogens is 288 g/mol. The second-order valence-electron chi connectivity index (χ2n) is 6.27. The number of nitrogens with zero attached hydrogens (tertiary/aromatic N) is 1. The molecule has 0 saturated carbocycles. The quantitative estimate of drug-likeness (QED) is 0.875. The van der Waals surface area contributed by atoms with Gasteiger partial charge in [-0.25, -0.2) is 0 Å². The number of aromatic nitrogens is 1. The van der Waals surface area contributed by atoms with E-state index in [9.17, 15) is 9.59 Å². The zero-order valence-corrected chi connectivity index (χ0v) is 14.7. The molecule has 0 radical (unpaired) electrons. The van der Waals surface area contributed by atoms with Gasteiger partial charge >= 0.3 is 0 Å². The van der Waals surface area contributed by atoms with Crippen LogP contribution in [0.15, 0.2) is 18.2 Å². The van der Waals surface area contributed by atoms with Crippen molar-refractivity contribution in [1.82, 2.24) is 9.88 Å². The normalized spacial score (nSPS) is 10.7. The van der Waals surface area contributed by atoms with Gasteiger partial charge in [-0.05, 0) is 51.3 Å². The number of carbonyl (C=O) groups is 2. The maximum Gasteiger partial charge on any atom is 0.270 e. The van der Waals surface area contributed by atoms with Gasteiger partial charge < -0.3 is 9.88 Å². The zero-order valence-electron chi connectivity index (χ0n) is 14.7. The number of carbonyl (C=O) groups excluding carboxylic acids is 2. The Balaban J connectivity index is 2.27. The van der Waals surface area contributed by atoms with Crippen LogP contribution in [0.25, 0.3) is 0 Å². The van der Waals surface area contributed by atoms with Crippen LogP contribution in [0.1, 0.15) is 55.7 Å². The van der Waals surface area contributed by atoms with Gasteiger partial charge in [0.2, 0.25) is 0 Å². The van der Waals surface area contributed by atoms with Crippen molar-refractivity contribution in [3.05, 3.63) is 57.4 Å². The lowest BCUT2D eigenvalue weighted by Crippen LogP contribution is -2.27. The van der Waals surface area contributed by atoms with Gasteiger partial charge in [-0.1, -0.05) is 23.8 Å². The predicted molar refractivity (Wildman–Crippen MR) is 92.0 cm³/mol. The van der Waals surface area contributed by atoms with Crippen LogP contribution < -0.4 is 0 Å². The highest BCUT2D eigenvalue weighted by atomic mass is 16.2.